The molecule has 0 bridgehead atoms. The van der Waals surface area contributed by atoms with Gasteiger partial charge in [-0.25, -0.2) is 13.5 Å². The molecule has 3 rings (SSSR count). The number of rotatable bonds is 2. The zero-order chi connectivity index (χ0) is 15.2. The zero-order valence-electron chi connectivity index (χ0n) is 11.3. The number of aromatic nitrogens is 4. The third-order valence-electron chi connectivity index (χ3n) is 3.16. The first-order valence-corrected chi connectivity index (χ1v) is 7.69. The summed E-state index contributed by atoms with van der Waals surface area (Å²) in [6.07, 6.45) is 0. The highest BCUT2D eigenvalue weighted by atomic mass is 32.2. The van der Waals surface area contributed by atoms with Gasteiger partial charge in [0.15, 0.2) is 5.76 Å². The van der Waals surface area contributed by atoms with Crippen molar-refractivity contribution in [1.82, 2.24) is 24.9 Å². The molecule has 0 spiro atoms. The molecule has 1 aliphatic heterocycles. The number of aromatic amines is 1. The lowest BCUT2D eigenvalue weighted by atomic mass is 10.1. The molecule has 1 aromatic carbocycles. The second-order valence-electron chi connectivity index (χ2n) is 4.84. The number of fused-ring (bicyclic) bond motifs is 1. The van der Waals surface area contributed by atoms with Crippen LogP contribution in [0.15, 0.2) is 29.2 Å². The Morgan fingerprint density at radius 3 is 2.62 bits per heavy atom. The van der Waals surface area contributed by atoms with Gasteiger partial charge in [0, 0.05) is 11.6 Å². The lowest BCUT2D eigenvalue weighted by molar-refractivity contribution is 0.431. The minimum absolute atomic E-state index is 0.0497. The van der Waals surface area contributed by atoms with Gasteiger partial charge in [0.05, 0.1) is 4.90 Å². The Labute approximate surface area is 121 Å². The van der Waals surface area contributed by atoms with Gasteiger partial charge >= 0.3 is 0 Å². The molecular weight excluding hydrogens is 294 g/mol. The number of aliphatic hydroxyl groups excluding tert-OH is 1. The highest BCUT2D eigenvalue weighted by Crippen LogP contribution is 2.39. The monoisotopic (exact) mass is 307 g/mol. The van der Waals surface area contributed by atoms with Crippen LogP contribution in [0, 0.1) is 0 Å². The molecule has 0 unspecified atom stereocenters. The second-order valence-corrected chi connectivity index (χ2v) is 6.62. The molecule has 9 heteroatoms. The van der Waals surface area contributed by atoms with E-state index in [-0.39, 0.29) is 27.7 Å². The fourth-order valence-electron chi connectivity index (χ4n) is 2.36. The van der Waals surface area contributed by atoms with E-state index in [0.29, 0.717) is 0 Å². The van der Waals surface area contributed by atoms with E-state index in [1.807, 2.05) is 0 Å². The highest BCUT2D eigenvalue weighted by Gasteiger charge is 2.40. The summed E-state index contributed by atoms with van der Waals surface area (Å²) in [4.78, 5) is 0.0624. The van der Waals surface area contributed by atoms with Crippen LogP contribution in [0.2, 0.25) is 0 Å². The smallest absolute Gasteiger partial charge is 0.265 e. The fourth-order valence-corrected chi connectivity index (χ4v) is 4.23. The quantitative estimate of drug-likeness (QED) is 0.856. The Balaban J connectivity index is 2.39. The van der Waals surface area contributed by atoms with E-state index in [9.17, 15) is 13.5 Å². The number of H-pyrrole nitrogens is 1. The number of aliphatic hydroxyl groups is 1. The molecule has 0 amide bonds. The van der Waals surface area contributed by atoms with Crippen molar-refractivity contribution in [2.45, 2.75) is 24.8 Å². The SMILES string of the molecule is CC(C)N1C(c2nnn[nH]2)=C(O)c2ccccc2S1(=O)=O. The number of sulfonamides is 1. The standard InChI is InChI=1S/C12H13N5O3S/c1-7(2)17-10(12-13-15-16-14-12)11(18)8-5-3-4-6-9(8)21(17,19)20/h3-7,18H,1-2H3,(H,13,14,15,16). The van der Waals surface area contributed by atoms with Crippen LogP contribution < -0.4 is 0 Å². The highest BCUT2D eigenvalue weighted by molar-refractivity contribution is 7.89. The molecule has 1 aromatic heterocycles. The summed E-state index contributed by atoms with van der Waals surface area (Å²) in [5.41, 5.74) is 0.287. The lowest BCUT2D eigenvalue weighted by Gasteiger charge is -2.33. The van der Waals surface area contributed by atoms with Gasteiger partial charge < -0.3 is 5.11 Å². The van der Waals surface area contributed by atoms with E-state index in [1.54, 1.807) is 32.0 Å². The number of hydrogen-bond donors (Lipinski definition) is 2. The average molecular weight is 307 g/mol. The van der Waals surface area contributed by atoms with Crippen LogP contribution in [-0.2, 0) is 10.0 Å². The first-order valence-electron chi connectivity index (χ1n) is 6.25. The van der Waals surface area contributed by atoms with E-state index < -0.39 is 16.1 Å². The van der Waals surface area contributed by atoms with E-state index in [0.717, 1.165) is 4.31 Å². The first kappa shape index (κ1) is 13.6. The largest absolute Gasteiger partial charge is 0.505 e. The molecule has 2 aromatic rings. The number of tetrazole rings is 1. The molecule has 2 heterocycles. The molecular formula is C12H13N5O3S. The first-order chi connectivity index (χ1) is 9.94. The van der Waals surface area contributed by atoms with Gasteiger partial charge in [-0.1, -0.05) is 12.1 Å². The van der Waals surface area contributed by atoms with Gasteiger partial charge in [-0.2, -0.15) is 0 Å². The van der Waals surface area contributed by atoms with Crippen LogP contribution in [0.3, 0.4) is 0 Å². The number of benzene rings is 1. The van der Waals surface area contributed by atoms with Crippen molar-refractivity contribution in [2.24, 2.45) is 0 Å². The van der Waals surface area contributed by atoms with Crippen molar-refractivity contribution < 1.29 is 13.5 Å². The summed E-state index contributed by atoms with van der Waals surface area (Å²) in [7, 11) is -3.79. The minimum atomic E-state index is -3.79. The van der Waals surface area contributed by atoms with Gasteiger partial charge in [0.1, 0.15) is 5.70 Å². The third kappa shape index (κ3) is 1.88. The van der Waals surface area contributed by atoms with Gasteiger partial charge in [-0.15, -0.1) is 5.10 Å². The van der Waals surface area contributed by atoms with Crippen LogP contribution in [0.25, 0.3) is 11.5 Å². The third-order valence-corrected chi connectivity index (χ3v) is 5.20. The maximum absolute atomic E-state index is 12.8. The van der Waals surface area contributed by atoms with Crippen molar-refractivity contribution in [3.8, 4) is 0 Å². The average Bonchev–Trinajstić information content (AvgIpc) is 2.96. The van der Waals surface area contributed by atoms with Gasteiger partial charge in [-0.3, -0.25) is 4.31 Å². The molecule has 0 saturated heterocycles. The van der Waals surface area contributed by atoms with E-state index >= 15 is 0 Å². The van der Waals surface area contributed by atoms with Crippen LogP contribution >= 0.6 is 0 Å². The Bertz CT molecular complexity index is 811. The molecule has 0 saturated carbocycles. The number of hydrogen-bond acceptors (Lipinski definition) is 6. The predicted octanol–water partition coefficient (Wildman–Crippen LogP) is 0.996. The molecule has 0 radical (unpaired) electrons. The molecule has 0 aliphatic carbocycles. The van der Waals surface area contributed by atoms with Crippen molar-refractivity contribution >= 4 is 21.5 Å². The summed E-state index contributed by atoms with van der Waals surface area (Å²) in [5.74, 6) is -0.0769. The molecule has 21 heavy (non-hydrogen) atoms. The van der Waals surface area contributed by atoms with Crippen LogP contribution in [-0.4, -0.2) is 44.5 Å². The summed E-state index contributed by atoms with van der Waals surface area (Å²) >= 11 is 0. The summed E-state index contributed by atoms with van der Waals surface area (Å²) in [6.45, 7) is 3.42. The zero-order valence-corrected chi connectivity index (χ0v) is 12.2. The van der Waals surface area contributed by atoms with Crippen LogP contribution in [0.4, 0.5) is 0 Å². The van der Waals surface area contributed by atoms with Crippen molar-refractivity contribution in [1.29, 1.82) is 0 Å². The number of nitrogens with zero attached hydrogens (tertiary/aromatic N) is 4. The number of nitrogens with one attached hydrogen (secondary N) is 1. The molecule has 2 N–H and O–H groups in total. The maximum Gasteiger partial charge on any atom is 0.265 e. The Morgan fingerprint density at radius 2 is 2.00 bits per heavy atom. The van der Waals surface area contributed by atoms with E-state index in [1.165, 1.54) is 6.07 Å². The van der Waals surface area contributed by atoms with Crippen molar-refractivity contribution in [3.05, 3.63) is 35.7 Å². The molecule has 8 nitrogen and oxygen atoms in total. The Kier molecular flexibility index (Phi) is 2.94. The second kappa shape index (κ2) is 4.55. The van der Waals surface area contributed by atoms with Crippen LogP contribution in [0.1, 0.15) is 25.2 Å². The van der Waals surface area contributed by atoms with Gasteiger partial charge in [0.25, 0.3) is 10.0 Å². The molecule has 0 fully saturated rings. The van der Waals surface area contributed by atoms with E-state index in [2.05, 4.69) is 20.6 Å². The maximum atomic E-state index is 12.8. The van der Waals surface area contributed by atoms with Gasteiger partial charge in [0.2, 0.25) is 5.82 Å². The normalized spacial score (nSPS) is 17.2. The van der Waals surface area contributed by atoms with Crippen molar-refractivity contribution in [2.75, 3.05) is 0 Å². The topological polar surface area (TPSA) is 112 Å². The fraction of sp³-hybridized carbons (Fsp3) is 0.250. The van der Waals surface area contributed by atoms with Crippen molar-refractivity contribution in [3.63, 3.8) is 0 Å². The Morgan fingerprint density at radius 1 is 1.29 bits per heavy atom. The lowest BCUT2D eigenvalue weighted by Crippen LogP contribution is -2.39. The molecule has 0 atom stereocenters. The summed E-state index contributed by atoms with van der Waals surface area (Å²) < 4.78 is 26.7. The van der Waals surface area contributed by atoms with Gasteiger partial charge in [-0.05, 0) is 36.4 Å². The molecule has 110 valence electrons. The Hall–Kier alpha value is -2.42. The predicted molar refractivity (Wildman–Crippen MR) is 74.2 cm³/mol. The summed E-state index contributed by atoms with van der Waals surface area (Å²) in [6, 6.07) is 5.87. The minimum Gasteiger partial charge on any atom is -0.505 e. The van der Waals surface area contributed by atoms with E-state index in [4.69, 9.17) is 0 Å². The molecule has 1 aliphatic rings. The summed E-state index contributed by atoms with van der Waals surface area (Å²) in [5, 5.41) is 23.6. The van der Waals surface area contributed by atoms with Crippen LogP contribution in [0.5, 0.6) is 0 Å².